The van der Waals surface area contributed by atoms with E-state index in [0.29, 0.717) is 23.0 Å². The summed E-state index contributed by atoms with van der Waals surface area (Å²) in [6, 6.07) is 10.1. The Bertz CT molecular complexity index is 1280. The van der Waals surface area contributed by atoms with Gasteiger partial charge in [0, 0.05) is 29.3 Å². The maximum Gasteiger partial charge on any atom is 0.199 e. The van der Waals surface area contributed by atoms with E-state index >= 15 is 0 Å². The van der Waals surface area contributed by atoms with Crippen LogP contribution in [-0.4, -0.2) is 32.3 Å². The van der Waals surface area contributed by atoms with Crippen molar-refractivity contribution in [3.05, 3.63) is 47.3 Å². The Labute approximate surface area is 181 Å². The largest absolute Gasteiger partial charge is 0.482 e. The molecule has 0 atom stereocenters. The van der Waals surface area contributed by atoms with E-state index in [9.17, 15) is 4.79 Å². The molecule has 1 aliphatic carbocycles. The van der Waals surface area contributed by atoms with Crippen LogP contribution in [0.2, 0.25) is 0 Å². The zero-order valence-electron chi connectivity index (χ0n) is 18.4. The molecule has 6 heteroatoms. The first-order valence-electron chi connectivity index (χ1n) is 11.1. The molecule has 0 radical (unpaired) electrons. The molecule has 1 saturated carbocycles. The number of carbonyl (C=O) groups is 1. The lowest BCUT2D eigenvalue weighted by atomic mass is 10.1. The molecule has 0 N–H and O–H groups in total. The highest BCUT2D eigenvalue weighted by molar-refractivity contribution is 5.85. The van der Waals surface area contributed by atoms with Crippen molar-refractivity contribution in [2.75, 3.05) is 7.11 Å². The molecule has 4 heterocycles. The number of methoxy groups -OCH3 is 1. The van der Waals surface area contributed by atoms with Crippen molar-refractivity contribution in [3.63, 3.8) is 0 Å². The molecule has 0 aliphatic heterocycles. The van der Waals surface area contributed by atoms with Crippen molar-refractivity contribution in [1.29, 1.82) is 0 Å². The van der Waals surface area contributed by atoms with Gasteiger partial charge < -0.3 is 9.30 Å². The third-order valence-electron chi connectivity index (χ3n) is 6.61. The van der Waals surface area contributed by atoms with Gasteiger partial charge in [-0.05, 0) is 56.4 Å². The van der Waals surface area contributed by atoms with Crippen LogP contribution in [0.3, 0.4) is 0 Å². The molecule has 160 valence electrons. The van der Waals surface area contributed by atoms with Crippen LogP contribution >= 0.6 is 0 Å². The fraction of sp³-hybridized carbons (Fsp3) is 0.400. The zero-order valence-corrected chi connectivity index (χ0v) is 18.4. The van der Waals surface area contributed by atoms with Gasteiger partial charge in [-0.15, -0.1) is 0 Å². The third-order valence-corrected chi connectivity index (χ3v) is 6.61. The standard InChI is InChI=1S/C25H28N4O2/c1-4-20-10-9-19-13-21(28(25(19)26-20)14-17-7-5-6-8-17)24-16(2)29-22(27-24)11-18(15-30)12-23(29)31-3/h9-13,15,17H,4-8,14H2,1-3H3. The molecule has 0 saturated heterocycles. The highest BCUT2D eigenvalue weighted by atomic mass is 16.5. The Balaban J connectivity index is 1.74. The topological polar surface area (TPSA) is 61.4 Å². The minimum absolute atomic E-state index is 0.557. The van der Waals surface area contributed by atoms with Crippen LogP contribution < -0.4 is 4.74 Å². The highest BCUT2D eigenvalue weighted by Gasteiger charge is 2.23. The van der Waals surface area contributed by atoms with Gasteiger partial charge in [-0.1, -0.05) is 19.8 Å². The van der Waals surface area contributed by atoms with E-state index in [-0.39, 0.29) is 0 Å². The molecule has 6 nitrogen and oxygen atoms in total. The number of pyridine rings is 2. The summed E-state index contributed by atoms with van der Waals surface area (Å²) < 4.78 is 9.92. The van der Waals surface area contributed by atoms with E-state index in [1.807, 2.05) is 10.5 Å². The summed E-state index contributed by atoms with van der Waals surface area (Å²) in [5.74, 6) is 1.29. The Morgan fingerprint density at radius 2 is 1.97 bits per heavy atom. The van der Waals surface area contributed by atoms with E-state index in [0.717, 1.165) is 53.1 Å². The molecule has 0 bridgehead atoms. The Morgan fingerprint density at radius 3 is 2.68 bits per heavy atom. The van der Waals surface area contributed by atoms with E-state index in [2.05, 4.69) is 36.6 Å². The van der Waals surface area contributed by atoms with Gasteiger partial charge in [0.15, 0.2) is 5.88 Å². The van der Waals surface area contributed by atoms with Crippen molar-refractivity contribution in [2.45, 2.75) is 52.5 Å². The number of hydrogen-bond donors (Lipinski definition) is 0. The van der Waals surface area contributed by atoms with Gasteiger partial charge in [-0.2, -0.15) is 0 Å². The quantitative estimate of drug-likeness (QED) is 0.404. The second kappa shape index (κ2) is 7.84. The van der Waals surface area contributed by atoms with Gasteiger partial charge >= 0.3 is 0 Å². The van der Waals surface area contributed by atoms with Crippen LogP contribution in [0.15, 0.2) is 30.3 Å². The summed E-state index contributed by atoms with van der Waals surface area (Å²) in [5, 5.41) is 1.14. The minimum Gasteiger partial charge on any atom is -0.482 e. The molecule has 0 spiro atoms. The summed E-state index contributed by atoms with van der Waals surface area (Å²) in [7, 11) is 1.62. The van der Waals surface area contributed by atoms with Crippen LogP contribution in [0.25, 0.3) is 28.1 Å². The monoisotopic (exact) mass is 416 g/mol. The number of imidazole rings is 1. The number of fused-ring (bicyclic) bond motifs is 2. The molecule has 0 amide bonds. The van der Waals surface area contributed by atoms with Gasteiger partial charge in [0.05, 0.1) is 18.5 Å². The molecule has 1 aliphatic rings. The molecular formula is C25H28N4O2. The number of nitrogens with zero attached hydrogens (tertiary/aromatic N) is 4. The zero-order chi connectivity index (χ0) is 21.5. The fourth-order valence-corrected chi connectivity index (χ4v) is 4.95. The van der Waals surface area contributed by atoms with Gasteiger partial charge in [-0.25, -0.2) is 9.97 Å². The molecule has 5 rings (SSSR count). The SMILES string of the molecule is CCc1ccc2cc(-c3nc4cc(C=O)cc(OC)n4c3C)n(CC3CCCC3)c2n1. The first kappa shape index (κ1) is 19.8. The van der Waals surface area contributed by atoms with E-state index in [1.165, 1.54) is 25.7 Å². The third kappa shape index (κ3) is 3.30. The van der Waals surface area contributed by atoms with Crippen LogP contribution in [0.4, 0.5) is 0 Å². The van der Waals surface area contributed by atoms with Gasteiger partial charge in [-0.3, -0.25) is 9.20 Å². The lowest BCUT2D eigenvalue weighted by molar-refractivity contribution is 0.112. The molecule has 0 aromatic carbocycles. The number of ether oxygens (including phenoxy) is 1. The van der Waals surface area contributed by atoms with E-state index in [4.69, 9.17) is 14.7 Å². The number of rotatable bonds is 6. The second-order valence-corrected chi connectivity index (χ2v) is 8.55. The predicted molar refractivity (Wildman–Crippen MR) is 122 cm³/mol. The maximum atomic E-state index is 11.4. The lowest BCUT2D eigenvalue weighted by Crippen LogP contribution is -2.10. The van der Waals surface area contributed by atoms with Crippen molar-refractivity contribution >= 4 is 23.0 Å². The summed E-state index contributed by atoms with van der Waals surface area (Å²) >= 11 is 0. The molecular weight excluding hydrogens is 388 g/mol. The molecule has 4 aromatic heterocycles. The first-order chi connectivity index (χ1) is 15.1. The smallest absolute Gasteiger partial charge is 0.199 e. The normalized spacial score (nSPS) is 14.7. The van der Waals surface area contributed by atoms with Gasteiger partial charge in [0.1, 0.15) is 23.3 Å². The number of carbonyl (C=O) groups excluding carboxylic acids is 1. The maximum absolute atomic E-state index is 11.4. The van der Waals surface area contributed by atoms with Crippen LogP contribution in [-0.2, 0) is 13.0 Å². The highest BCUT2D eigenvalue weighted by Crippen LogP contribution is 2.35. The van der Waals surface area contributed by atoms with E-state index < -0.39 is 0 Å². The van der Waals surface area contributed by atoms with Crippen LogP contribution in [0.1, 0.15) is 54.4 Å². The summed E-state index contributed by atoms with van der Waals surface area (Å²) in [5.41, 5.74) is 6.41. The average Bonchev–Trinajstić information content (AvgIpc) is 3.51. The lowest BCUT2D eigenvalue weighted by Gasteiger charge is -2.15. The van der Waals surface area contributed by atoms with Gasteiger partial charge in [0.2, 0.25) is 0 Å². The van der Waals surface area contributed by atoms with Crippen molar-refractivity contribution in [1.82, 2.24) is 18.9 Å². The second-order valence-electron chi connectivity index (χ2n) is 8.55. The number of hydrogen-bond acceptors (Lipinski definition) is 4. The summed E-state index contributed by atoms with van der Waals surface area (Å²) in [4.78, 5) is 21.3. The van der Waals surface area contributed by atoms with Crippen molar-refractivity contribution < 1.29 is 9.53 Å². The van der Waals surface area contributed by atoms with Crippen molar-refractivity contribution in [2.24, 2.45) is 5.92 Å². The average molecular weight is 417 g/mol. The Kier molecular flexibility index (Phi) is 5.00. The molecule has 31 heavy (non-hydrogen) atoms. The predicted octanol–water partition coefficient (Wildman–Crippen LogP) is 5.23. The Hall–Kier alpha value is -3.15. The van der Waals surface area contributed by atoms with Crippen LogP contribution in [0.5, 0.6) is 5.88 Å². The molecule has 4 aromatic rings. The summed E-state index contributed by atoms with van der Waals surface area (Å²) in [6.07, 6.45) is 6.91. The molecule has 0 unspecified atom stereocenters. The van der Waals surface area contributed by atoms with Gasteiger partial charge in [0.25, 0.3) is 0 Å². The van der Waals surface area contributed by atoms with Crippen molar-refractivity contribution in [3.8, 4) is 17.3 Å². The Morgan fingerprint density at radius 1 is 1.16 bits per heavy atom. The fourth-order valence-electron chi connectivity index (χ4n) is 4.95. The van der Waals surface area contributed by atoms with E-state index in [1.54, 1.807) is 13.2 Å². The minimum atomic E-state index is 0.557. The van der Waals surface area contributed by atoms with Crippen LogP contribution in [0, 0.1) is 12.8 Å². The molecule has 1 fully saturated rings. The first-order valence-corrected chi connectivity index (χ1v) is 11.1. The number of aldehydes is 1. The summed E-state index contributed by atoms with van der Waals surface area (Å²) in [6.45, 7) is 5.16. The number of aryl methyl sites for hydroxylation is 2. The number of aromatic nitrogens is 4.